The van der Waals surface area contributed by atoms with Gasteiger partial charge in [0.2, 0.25) is 0 Å². The number of ketones is 1. The first-order valence-electron chi connectivity index (χ1n) is 5.47. The highest BCUT2D eigenvalue weighted by molar-refractivity contribution is 6.06. The molecule has 1 aliphatic rings. The minimum Gasteiger partial charge on any atom is -0.496 e. The van der Waals surface area contributed by atoms with E-state index >= 15 is 0 Å². The number of Topliss-reactive ketones (excluding diaryl/α,β-unsaturated/α-hetero) is 1. The van der Waals surface area contributed by atoms with E-state index in [0.29, 0.717) is 0 Å². The first kappa shape index (κ1) is 11.1. The molecule has 3 nitrogen and oxygen atoms in total. The van der Waals surface area contributed by atoms with Crippen molar-refractivity contribution in [2.45, 2.75) is 32.2 Å². The third kappa shape index (κ3) is 1.71. The number of rotatable bonds is 3. The van der Waals surface area contributed by atoms with Crippen LogP contribution < -0.4 is 10.5 Å². The highest BCUT2D eigenvalue weighted by atomic mass is 16.5. The SMILES string of the molecule is COc1cc(C)c(C(=O)C2(N)CC2)cc1C. The third-order valence-electron chi connectivity index (χ3n) is 3.23. The molecular formula is C13H17NO2. The molecule has 1 saturated carbocycles. The van der Waals surface area contributed by atoms with Crippen molar-refractivity contribution in [3.05, 3.63) is 28.8 Å². The van der Waals surface area contributed by atoms with Crippen LogP contribution >= 0.6 is 0 Å². The van der Waals surface area contributed by atoms with Crippen LogP contribution in [-0.2, 0) is 0 Å². The second-order valence-corrected chi connectivity index (χ2v) is 4.62. The van der Waals surface area contributed by atoms with Crippen molar-refractivity contribution in [3.8, 4) is 5.75 Å². The van der Waals surface area contributed by atoms with Crippen LogP contribution in [0.2, 0.25) is 0 Å². The van der Waals surface area contributed by atoms with Crippen molar-refractivity contribution < 1.29 is 9.53 Å². The van der Waals surface area contributed by atoms with Crippen molar-refractivity contribution in [2.24, 2.45) is 5.73 Å². The van der Waals surface area contributed by atoms with E-state index in [1.807, 2.05) is 26.0 Å². The number of hydrogen-bond acceptors (Lipinski definition) is 3. The molecule has 0 aliphatic heterocycles. The monoisotopic (exact) mass is 219 g/mol. The molecule has 1 aromatic carbocycles. The lowest BCUT2D eigenvalue weighted by molar-refractivity contribution is 0.0948. The van der Waals surface area contributed by atoms with Gasteiger partial charge in [-0.25, -0.2) is 0 Å². The first-order valence-corrected chi connectivity index (χ1v) is 5.47. The molecule has 1 aromatic rings. The molecule has 0 atom stereocenters. The summed E-state index contributed by atoms with van der Waals surface area (Å²) in [5.74, 6) is 0.881. The normalized spacial score (nSPS) is 17.0. The van der Waals surface area contributed by atoms with E-state index in [-0.39, 0.29) is 5.78 Å². The number of aryl methyl sites for hydroxylation is 2. The predicted octanol–water partition coefficient (Wildman–Crippen LogP) is 1.99. The van der Waals surface area contributed by atoms with E-state index in [1.165, 1.54) is 0 Å². The van der Waals surface area contributed by atoms with Gasteiger partial charge in [-0.3, -0.25) is 4.79 Å². The summed E-state index contributed by atoms with van der Waals surface area (Å²) in [6, 6.07) is 3.78. The molecule has 1 aliphatic carbocycles. The second-order valence-electron chi connectivity index (χ2n) is 4.62. The van der Waals surface area contributed by atoms with Crippen molar-refractivity contribution >= 4 is 5.78 Å². The van der Waals surface area contributed by atoms with Gasteiger partial charge in [0.1, 0.15) is 5.75 Å². The minimum atomic E-state index is -0.591. The van der Waals surface area contributed by atoms with Gasteiger partial charge in [0.05, 0.1) is 12.6 Å². The summed E-state index contributed by atoms with van der Waals surface area (Å²) in [6.45, 7) is 3.85. The topological polar surface area (TPSA) is 52.3 Å². The van der Waals surface area contributed by atoms with Gasteiger partial charge in [-0.1, -0.05) is 0 Å². The summed E-state index contributed by atoms with van der Waals surface area (Å²) in [4.78, 5) is 12.1. The molecule has 3 heteroatoms. The summed E-state index contributed by atoms with van der Waals surface area (Å²) in [5, 5.41) is 0. The average Bonchev–Trinajstić information content (AvgIpc) is 2.99. The van der Waals surface area contributed by atoms with Gasteiger partial charge in [-0.2, -0.15) is 0 Å². The number of hydrogen-bond donors (Lipinski definition) is 1. The molecule has 86 valence electrons. The van der Waals surface area contributed by atoms with Gasteiger partial charge in [-0.05, 0) is 49.9 Å². The number of carbonyl (C=O) groups is 1. The third-order valence-corrected chi connectivity index (χ3v) is 3.23. The molecule has 2 N–H and O–H groups in total. The van der Waals surface area contributed by atoms with Gasteiger partial charge in [-0.15, -0.1) is 0 Å². The Labute approximate surface area is 95.6 Å². The standard InChI is InChI=1S/C13H17NO2/c1-8-7-11(16-3)9(2)6-10(8)12(15)13(14)4-5-13/h6-7H,4-5,14H2,1-3H3. The Bertz CT molecular complexity index is 447. The summed E-state index contributed by atoms with van der Waals surface area (Å²) in [5.41, 5.74) is 7.98. The Balaban J connectivity index is 2.42. The molecule has 0 spiro atoms. The lowest BCUT2D eigenvalue weighted by Gasteiger charge is -2.13. The van der Waals surface area contributed by atoms with E-state index in [2.05, 4.69) is 0 Å². The molecule has 0 amide bonds. The highest BCUT2D eigenvalue weighted by Gasteiger charge is 2.46. The smallest absolute Gasteiger partial charge is 0.182 e. The van der Waals surface area contributed by atoms with Crippen molar-refractivity contribution in [1.29, 1.82) is 0 Å². The van der Waals surface area contributed by atoms with Crippen LogP contribution in [0.25, 0.3) is 0 Å². The van der Waals surface area contributed by atoms with Crippen molar-refractivity contribution in [1.82, 2.24) is 0 Å². The minimum absolute atomic E-state index is 0.0655. The van der Waals surface area contributed by atoms with Crippen LogP contribution in [0.1, 0.15) is 34.3 Å². The zero-order valence-electron chi connectivity index (χ0n) is 9.96. The lowest BCUT2D eigenvalue weighted by Crippen LogP contribution is -2.33. The van der Waals surface area contributed by atoms with Crippen molar-refractivity contribution in [3.63, 3.8) is 0 Å². The molecule has 0 bridgehead atoms. The second kappa shape index (κ2) is 3.59. The summed E-state index contributed by atoms with van der Waals surface area (Å²) >= 11 is 0. The summed E-state index contributed by atoms with van der Waals surface area (Å²) < 4.78 is 5.22. The first-order chi connectivity index (χ1) is 7.48. The molecule has 0 saturated heterocycles. The maximum atomic E-state index is 12.1. The van der Waals surface area contributed by atoms with Gasteiger partial charge >= 0.3 is 0 Å². The van der Waals surface area contributed by atoms with E-state index in [1.54, 1.807) is 7.11 Å². The number of ether oxygens (including phenoxy) is 1. The Morgan fingerprint density at radius 2 is 1.94 bits per heavy atom. The summed E-state index contributed by atoms with van der Waals surface area (Å²) in [7, 11) is 1.63. The number of methoxy groups -OCH3 is 1. The number of nitrogens with two attached hydrogens (primary N) is 1. The Kier molecular flexibility index (Phi) is 2.50. The van der Waals surface area contributed by atoms with E-state index in [4.69, 9.17) is 10.5 Å². The molecule has 0 radical (unpaired) electrons. The largest absolute Gasteiger partial charge is 0.496 e. The van der Waals surface area contributed by atoms with Gasteiger partial charge in [0, 0.05) is 5.56 Å². The van der Waals surface area contributed by atoms with Crippen LogP contribution in [-0.4, -0.2) is 18.4 Å². The average molecular weight is 219 g/mol. The van der Waals surface area contributed by atoms with Crippen LogP contribution in [0.5, 0.6) is 5.75 Å². The van der Waals surface area contributed by atoms with Gasteiger partial charge < -0.3 is 10.5 Å². The molecule has 0 heterocycles. The van der Waals surface area contributed by atoms with Crippen LogP contribution in [0.3, 0.4) is 0 Å². The zero-order valence-corrected chi connectivity index (χ0v) is 9.96. The molecule has 1 fully saturated rings. The maximum Gasteiger partial charge on any atom is 0.182 e. The molecule has 0 unspecified atom stereocenters. The highest BCUT2D eigenvalue weighted by Crippen LogP contribution is 2.37. The molecule has 0 aromatic heterocycles. The summed E-state index contributed by atoms with van der Waals surface area (Å²) in [6.07, 6.45) is 1.60. The fraction of sp³-hybridized carbons (Fsp3) is 0.462. The molecule has 16 heavy (non-hydrogen) atoms. The van der Waals surface area contributed by atoms with E-state index < -0.39 is 5.54 Å². The fourth-order valence-electron chi connectivity index (χ4n) is 1.88. The van der Waals surface area contributed by atoms with E-state index in [9.17, 15) is 4.79 Å². The van der Waals surface area contributed by atoms with Crippen molar-refractivity contribution in [2.75, 3.05) is 7.11 Å². The van der Waals surface area contributed by atoms with Gasteiger partial charge in [0.25, 0.3) is 0 Å². The maximum absolute atomic E-state index is 12.1. The predicted molar refractivity (Wildman–Crippen MR) is 63.0 cm³/mol. The number of benzene rings is 1. The fourth-order valence-corrected chi connectivity index (χ4v) is 1.88. The zero-order chi connectivity index (χ0) is 11.9. The Morgan fingerprint density at radius 3 is 2.44 bits per heavy atom. The van der Waals surface area contributed by atoms with Crippen LogP contribution in [0.4, 0.5) is 0 Å². The molecule has 2 rings (SSSR count). The Morgan fingerprint density at radius 1 is 1.31 bits per heavy atom. The number of carbonyl (C=O) groups excluding carboxylic acids is 1. The van der Waals surface area contributed by atoms with Crippen LogP contribution in [0, 0.1) is 13.8 Å². The van der Waals surface area contributed by atoms with Gasteiger partial charge in [0.15, 0.2) is 5.78 Å². The van der Waals surface area contributed by atoms with Crippen LogP contribution in [0.15, 0.2) is 12.1 Å². The Hall–Kier alpha value is -1.35. The molecular weight excluding hydrogens is 202 g/mol. The van der Waals surface area contributed by atoms with E-state index in [0.717, 1.165) is 35.3 Å². The quantitative estimate of drug-likeness (QED) is 0.791. The lowest BCUT2D eigenvalue weighted by atomic mass is 9.96.